The standard InChI is InChI=1S/C24H30O4S/c1-19-13-14-21(15-25)23(17-28-16-20-9-5-3-6-10-20)24(19,2)18-29(26,27)22-11-7-4-8-12-22/h3-12,15,19,21,23H,13-14,16-18H2,1-2H3/t19-,21+,23+,24+/m1/s1. The van der Waals surface area contributed by atoms with Crippen LogP contribution in [0.3, 0.4) is 0 Å². The SMILES string of the molecule is C[C@@H]1CC[C@@H](C=O)[C@H](COCc2ccccc2)[C@@]1(C)CS(=O)(=O)c1ccccc1. The van der Waals surface area contributed by atoms with E-state index < -0.39 is 15.3 Å². The van der Waals surface area contributed by atoms with E-state index in [0.29, 0.717) is 18.1 Å². The number of benzene rings is 2. The van der Waals surface area contributed by atoms with Gasteiger partial charge in [0.1, 0.15) is 6.29 Å². The van der Waals surface area contributed by atoms with Crippen molar-refractivity contribution in [3.63, 3.8) is 0 Å². The van der Waals surface area contributed by atoms with Crippen molar-refractivity contribution in [3.8, 4) is 0 Å². The molecule has 0 spiro atoms. The smallest absolute Gasteiger partial charge is 0.178 e. The summed E-state index contributed by atoms with van der Waals surface area (Å²) < 4.78 is 32.3. The molecule has 0 aromatic heterocycles. The van der Waals surface area contributed by atoms with Crippen molar-refractivity contribution in [2.45, 2.75) is 38.2 Å². The minimum atomic E-state index is -3.46. The lowest BCUT2D eigenvalue weighted by atomic mass is 9.59. The first-order valence-electron chi connectivity index (χ1n) is 10.2. The second kappa shape index (κ2) is 9.23. The maximum Gasteiger partial charge on any atom is 0.178 e. The molecule has 0 amide bonds. The molecule has 1 fully saturated rings. The largest absolute Gasteiger partial charge is 0.376 e. The molecule has 2 aromatic rings. The average molecular weight is 415 g/mol. The zero-order chi connectivity index (χ0) is 20.9. The summed E-state index contributed by atoms with van der Waals surface area (Å²) in [4.78, 5) is 12.2. The van der Waals surface area contributed by atoms with Crippen LogP contribution < -0.4 is 0 Å². The van der Waals surface area contributed by atoms with Gasteiger partial charge >= 0.3 is 0 Å². The topological polar surface area (TPSA) is 60.4 Å². The van der Waals surface area contributed by atoms with Crippen LogP contribution in [0.15, 0.2) is 65.6 Å². The molecule has 0 saturated heterocycles. The van der Waals surface area contributed by atoms with Gasteiger partial charge in [0, 0.05) is 5.92 Å². The first-order chi connectivity index (χ1) is 13.9. The van der Waals surface area contributed by atoms with E-state index in [4.69, 9.17) is 4.74 Å². The first-order valence-corrected chi connectivity index (χ1v) is 11.9. The minimum absolute atomic E-state index is 0.0227. The number of carbonyl (C=O) groups excluding carboxylic acids is 1. The highest BCUT2D eigenvalue weighted by Crippen LogP contribution is 2.49. The predicted octanol–water partition coefficient (Wildman–Crippen LogP) is 4.54. The van der Waals surface area contributed by atoms with Crippen LogP contribution in [0.5, 0.6) is 0 Å². The Morgan fingerprint density at radius 3 is 2.28 bits per heavy atom. The third kappa shape index (κ3) is 4.96. The van der Waals surface area contributed by atoms with Crippen LogP contribution in [0.25, 0.3) is 0 Å². The number of hydrogen-bond donors (Lipinski definition) is 0. The van der Waals surface area contributed by atoms with Gasteiger partial charge in [0.2, 0.25) is 0 Å². The van der Waals surface area contributed by atoms with E-state index in [1.165, 1.54) is 0 Å². The Hall–Kier alpha value is -1.98. The van der Waals surface area contributed by atoms with Crippen LogP contribution in [0.1, 0.15) is 32.3 Å². The summed E-state index contributed by atoms with van der Waals surface area (Å²) in [6.45, 7) is 4.96. The zero-order valence-corrected chi connectivity index (χ0v) is 18.0. The molecule has 29 heavy (non-hydrogen) atoms. The molecule has 0 bridgehead atoms. The number of ether oxygens (including phenoxy) is 1. The van der Waals surface area contributed by atoms with Crippen LogP contribution in [0.4, 0.5) is 0 Å². The van der Waals surface area contributed by atoms with Crippen LogP contribution in [-0.4, -0.2) is 27.1 Å². The van der Waals surface area contributed by atoms with Crippen LogP contribution in [0.2, 0.25) is 0 Å². The van der Waals surface area contributed by atoms with Crippen LogP contribution in [0, 0.1) is 23.2 Å². The first kappa shape index (κ1) is 21.7. The van der Waals surface area contributed by atoms with E-state index in [0.717, 1.165) is 24.7 Å². The van der Waals surface area contributed by atoms with Gasteiger partial charge < -0.3 is 9.53 Å². The molecule has 0 N–H and O–H groups in total. The van der Waals surface area contributed by atoms with E-state index >= 15 is 0 Å². The maximum atomic E-state index is 13.2. The van der Waals surface area contributed by atoms with E-state index in [1.54, 1.807) is 24.3 Å². The lowest BCUT2D eigenvalue weighted by Crippen LogP contribution is -2.49. The molecule has 3 rings (SSSR count). The molecular weight excluding hydrogens is 384 g/mol. The quantitative estimate of drug-likeness (QED) is 0.595. The molecule has 0 radical (unpaired) electrons. The van der Waals surface area contributed by atoms with Gasteiger partial charge in [0.15, 0.2) is 9.84 Å². The highest BCUT2D eigenvalue weighted by atomic mass is 32.2. The van der Waals surface area contributed by atoms with Gasteiger partial charge in [-0.15, -0.1) is 0 Å². The van der Waals surface area contributed by atoms with Gasteiger partial charge in [-0.2, -0.15) is 0 Å². The Balaban J connectivity index is 1.82. The molecule has 4 atom stereocenters. The van der Waals surface area contributed by atoms with Crippen molar-refractivity contribution in [2.24, 2.45) is 23.2 Å². The van der Waals surface area contributed by atoms with Crippen molar-refractivity contribution < 1.29 is 17.9 Å². The second-order valence-electron chi connectivity index (χ2n) is 8.46. The Morgan fingerprint density at radius 2 is 1.66 bits per heavy atom. The minimum Gasteiger partial charge on any atom is -0.376 e. The Labute approximate surface area is 174 Å². The normalized spacial score (nSPS) is 27.4. The fraction of sp³-hybridized carbons (Fsp3) is 0.458. The van der Waals surface area contributed by atoms with Gasteiger partial charge in [0.25, 0.3) is 0 Å². The summed E-state index contributed by atoms with van der Waals surface area (Å²) in [5.74, 6) is -0.110. The van der Waals surface area contributed by atoms with Crippen molar-refractivity contribution in [2.75, 3.05) is 12.4 Å². The zero-order valence-electron chi connectivity index (χ0n) is 17.2. The summed E-state index contributed by atoms with van der Waals surface area (Å²) in [7, 11) is -3.46. The van der Waals surface area contributed by atoms with Crippen molar-refractivity contribution in [1.29, 1.82) is 0 Å². The number of carbonyl (C=O) groups is 1. The third-order valence-corrected chi connectivity index (χ3v) is 8.60. The van der Waals surface area contributed by atoms with E-state index in [2.05, 4.69) is 6.92 Å². The highest BCUT2D eigenvalue weighted by molar-refractivity contribution is 7.91. The molecule has 156 valence electrons. The Kier molecular flexibility index (Phi) is 6.91. The summed E-state index contributed by atoms with van der Waals surface area (Å²) in [6, 6.07) is 18.5. The van der Waals surface area contributed by atoms with E-state index in [9.17, 15) is 13.2 Å². The molecule has 1 saturated carbocycles. The average Bonchev–Trinajstić information content (AvgIpc) is 2.72. The number of sulfone groups is 1. The molecule has 0 unspecified atom stereocenters. The fourth-order valence-corrected chi connectivity index (χ4v) is 6.61. The molecule has 1 aliphatic carbocycles. The number of rotatable bonds is 8. The van der Waals surface area contributed by atoms with E-state index in [-0.39, 0.29) is 23.5 Å². The molecular formula is C24H30O4S. The van der Waals surface area contributed by atoms with Crippen molar-refractivity contribution in [3.05, 3.63) is 66.2 Å². The summed E-state index contributed by atoms with van der Waals surface area (Å²) in [5.41, 5.74) is 0.535. The molecule has 4 nitrogen and oxygen atoms in total. The second-order valence-corrected chi connectivity index (χ2v) is 10.5. The van der Waals surface area contributed by atoms with Gasteiger partial charge in [-0.1, -0.05) is 62.4 Å². The molecule has 0 aliphatic heterocycles. The van der Waals surface area contributed by atoms with E-state index in [1.807, 2.05) is 43.3 Å². The number of hydrogen-bond acceptors (Lipinski definition) is 4. The molecule has 5 heteroatoms. The summed E-state index contributed by atoms with van der Waals surface area (Å²) in [5, 5.41) is 0. The Bertz CT molecular complexity index is 895. The fourth-order valence-electron chi connectivity index (χ4n) is 4.55. The monoisotopic (exact) mass is 414 g/mol. The number of aldehydes is 1. The van der Waals surface area contributed by atoms with Gasteiger partial charge in [-0.3, -0.25) is 0 Å². The van der Waals surface area contributed by atoms with Crippen LogP contribution in [-0.2, 0) is 26.0 Å². The third-order valence-electron chi connectivity index (χ3n) is 6.61. The lowest BCUT2D eigenvalue weighted by Gasteiger charge is -2.48. The predicted molar refractivity (Wildman–Crippen MR) is 114 cm³/mol. The summed E-state index contributed by atoms with van der Waals surface area (Å²) in [6.07, 6.45) is 2.63. The highest BCUT2D eigenvalue weighted by Gasteiger charge is 2.49. The lowest BCUT2D eigenvalue weighted by molar-refractivity contribution is -0.120. The molecule has 2 aromatic carbocycles. The van der Waals surface area contributed by atoms with Gasteiger partial charge in [-0.05, 0) is 47.8 Å². The Morgan fingerprint density at radius 1 is 1.03 bits per heavy atom. The molecule has 0 heterocycles. The van der Waals surface area contributed by atoms with Gasteiger partial charge in [0.05, 0.1) is 23.9 Å². The van der Waals surface area contributed by atoms with Gasteiger partial charge in [-0.25, -0.2) is 8.42 Å². The maximum absolute atomic E-state index is 13.2. The van der Waals surface area contributed by atoms with Crippen molar-refractivity contribution >= 4 is 16.1 Å². The summed E-state index contributed by atoms with van der Waals surface area (Å²) >= 11 is 0. The van der Waals surface area contributed by atoms with Crippen molar-refractivity contribution in [1.82, 2.24) is 0 Å². The van der Waals surface area contributed by atoms with Crippen LogP contribution >= 0.6 is 0 Å². The molecule has 1 aliphatic rings.